The van der Waals surface area contributed by atoms with Gasteiger partial charge in [0.15, 0.2) is 0 Å². The average molecular weight is 371 g/mol. The second-order valence-electron chi connectivity index (χ2n) is 5.05. The molecule has 112 valence electrons. The third-order valence-corrected chi connectivity index (χ3v) is 3.45. The molecule has 0 saturated heterocycles. The fraction of sp³-hybridized carbons (Fsp3) is 0.333. The van der Waals surface area contributed by atoms with Crippen LogP contribution in [0.4, 0.5) is 0 Å². The van der Waals surface area contributed by atoms with E-state index in [1.54, 1.807) is 24.5 Å². The lowest BCUT2D eigenvalue weighted by atomic mass is 10.2. The molecule has 0 fully saturated rings. The highest BCUT2D eigenvalue weighted by Gasteiger charge is 2.06. The van der Waals surface area contributed by atoms with Crippen molar-refractivity contribution in [2.24, 2.45) is 5.92 Å². The van der Waals surface area contributed by atoms with E-state index in [4.69, 9.17) is 16.3 Å². The number of halogens is 2. The van der Waals surface area contributed by atoms with Crippen molar-refractivity contribution in [3.63, 3.8) is 0 Å². The van der Waals surface area contributed by atoms with Crippen molar-refractivity contribution in [3.8, 4) is 11.6 Å². The molecule has 0 saturated carbocycles. The summed E-state index contributed by atoms with van der Waals surface area (Å²) >= 11 is 9.45. The van der Waals surface area contributed by atoms with Gasteiger partial charge in [-0.1, -0.05) is 41.4 Å². The highest BCUT2D eigenvalue weighted by Crippen LogP contribution is 2.30. The van der Waals surface area contributed by atoms with Gasteiger partial charge in [0, 0.05) is 11.0 Å². The first kappa shape index (κ1) is 16.2. The van der Waals surface area contributed by atoms with Gasteiger partial charge in [-0.15, -0.1) is 0 Å². The minimum Gasteiger partial charge on any atom is -0.436 e. The van der Waals surface area contributed by atoms with Gasteiger partial charge in [0.25, 0.3) is 0 Å². The van der Waals surface area contributed by atoms with Gasteiger partial charge in [-0.25, -0.2) is 4.98 Å². The SMILES string of the molecule is CC(C)CNCc1cnc(Oc2cc(Br)ccc2Cl)cn1. The van der Waals surface area contributed by atoms with Gasteiger partial charge in [0.05, 0.1) is 23.1 Å². The first-order chi connectivity index (χ1) is 10.0. The highest BCUT2D eigenvalue weighted by atomic mass is 79.9. The Morgan fingerprint density at radius 3 is 2.76 bits per heavy atom. The van der Waals surface area contributed by atoms with Crippen LogP contribution in [0.5, 0.6) is 11.6 Å². The molecule has 2 aromatic rings. The first-order valence-corrected chi connectivity index (χ1v) is 7.86. The van der Waals surface area contributed by atoms with Gasteiger partial charge >= 0.3 is 0 Å². The fourth-order valence-electron chi connectivity index (χ4n) is 1.64. The monoisotopic (exact) mass is 369 g/mol. The van der Waals surface area contributed by atoms with E-state index in [1.807, 2.05) is 6.07 Å². The zero-order valence-corrected chi connectivity index (χ0v) is 14.3. The fourth-order valence-corrected chi connectivity index (χ4v) is 2.14. The Morgan fingerprint density at radius 1 is 1.29 bits per heavy atom. The van der Waals surface area contributed by atoms with Crippen LogP contribution in [0.15, 0.2) is 35.1 Å². The summed E-state index contributed by atoms with van der Waals surface area (Å²) in [5.74, 6) is 1.58. The summed E-state index contributed by atoms with van der Waals surface area (Å²) in [6.45, 7) is 5.98. The summed E-state index contributed by atoms with van der Waals surface area (Å²) in [6, 6.07) is 5.41. The number of hydrogen-bond donors (Lipinski definition) is 1. The molecule has 6 heteroatoms. The molecule has 0 aliphatic heterocycles. The second-order valence-corrected chi connectivity index (χ2v) is 6.37. The maximum atomic E-state index is 6.07. The summed E-state index contributed by atoms with van der Waals surface area (Å²) in [5.41, 5.74) is 0.878. The molecule has 1 heterocycles. The van der Waals surface area contributed by atoms with Crippen LogP contribution in [0.2, 0.25) is 5.02 Å². The Hall–Kier alpha value is -1.17. The topological polar surface area (TPSA) is 47.0 Å². The molecule has 0 radical (unpaired) electrons. The largest absolute Gasteiger partial charge is 0.436 e. The normalized spacial score (nSPS) is 10.9. The molecule has 0 spiro atoms. The maximum absolute atomic E-state index is 6.07. The third kappa shape index (κ3) is 5.26. The Labute approximate surface area is 138 Å². The van der Waals surface area contributed by atoms with Gasteiger partial charge < -0.3 is 10.1 Å². The Morgan fingerprint density at radius 2 is 2.10 bits per heavy atom. The molecule has 0 bridgehead atoms. The summed E-state index contributed by atoms with van der Waals surface area (Å²) in [7, 11) is 0. The summed E-state index contributed by atoms with van der Waals surface area (Å²) in [4.78, 5) is 8.56. The molecule has 4 nitrogen and oxygen atoms in total. The lowest BCUT2D eigenvalue weighted by molar-refractivity contribution is 0.458. The van der Waals surface area contributed by atoms with Crippen molar-refractivity contribution in [2.75, 3.05) is 6.54 Å². The van der Waals surface area contributed by atoms with E-state index in [0.29, 0.717) is 29.1 Å². The van der Waals surface area contributed by atoms with Crippen molar-refractivity contribution in [1.29, 1.82) is 0 Å². The van der Waals surface area contributed by atoms with Gasteiger partial charge in [-0.3, -0.25) is 4.98 Å². The average Bonchev–Trinajstić information content (AvgIpc) is 2.44. The number of aromatic nitrogens is 2. The van der Waals surface area contributed by atoms with Gasteiger partial charge in [0.1, 0.15) is 5.75 Å². The van der Waals surface area contributed by atoms with Crippen LogP contribution in [0.3, 0.4) is 0 Å². The number of hydrogen-bond acceptors (Lipinski definition) is 4. The lowest BCUT2D eigenvalue weighted by Crippen LogP contribution is -2.19. The Kier molecular flexibility index (Phi) is 5.96. The number of rotatable bonds is 6. The van der Waals surface area contributed by atoms with Crippen molar-refractivity contribution in [3.05, 3.63) is 45.8 Å². The van der Waals surface area contributed by atoms with E-state index in [-0.39, 0.29) is 0 Å². The minimum absolute atomic E-state index is 0.419. The molecule has 21 heavy (non-hydrogen) atoms. The molecule has 0 atom stereocenters. The van der Waals surface area contributed by atoms with Gasteiger partial charge in [0.2, 0.25) is 5.88 Å². The molecular weight excluding hydrogens is 354 g/mol. The minimum atomic E-state index is 0.419. The van der Waals surface area contributed by atoms with Crippen LogP contribution in [-0.2, 0) is 6.54 Å². The maximum Gasteiger partial charge on any atom is 0.237 e. The quantitative estimate of drug-likeness (QED) is 0.817. The van der Waals surface area contributed by atoms with Crippen LogP contribution in [0, 0.1) is 5.92 Å². The van der Waals surface area contributed by atoms with E-state index in [9.17, 15) is 0 Å². The predicted octanol–water partition coefficient (Wildman–Crippen LogP) is 4.43. The number of ether oxygens (including phenoxy) is 1. The number of benzene rings is 1. The lowest BCUT2D eigenvalue weighted by Gasteiger charge is -2.08. The van der Waals surface area contributed by atoms with Crippen molar-refractivity contribution in [2.45, 2.75) is 20.4 Å². The van der Waals surface area contributed by atoms with E-state index < -0.39 is 0 Å². The highest BCUT2D eigenvalue weighted by molar-refractivity contribution is 9.10. The summed E-state index contributed by atoms with van der Waals surface area (Å²) in [6.07, 6.45) is 3.30. The standard InChI is InChI=1S/C15H17BrClN3O/c1-10(2)6-18-7-12-8-20-15(9-19-12)21-14-5-11(16)3-4-13(14)17/h3-5,8-10,18H,6-7H2,1-2H3. The molecule has 0 unspecified atom stereocenters. The zero-order valence-electron chi connectivity index (χ0n) is 11.9. The third-order valence-electron chi connectivity index (χ3n) is 2.65. The van der Waals surface area contributed by atoms with Crippen LogP contribution < -0.4 is 10.1 Å². The van der Waals surface area contributed by atoms with Crippen molar-refractivity contribution < 1.29 is 4.74 Å². The Balaban J connectivity index is 1.97. The molecule has 2 rings (SSSR count). The van der Waals surface area contributed by atoms with Gasteiger partial charge in [-0.2, -0.15) is 0 Å². The smallest absolute Gasteiger partial charge is 0.237 e. The predicted molar refractivity (Wildman–Crippen MR) is 87.8 cm³/mol. The first-order valence-electron chi connectivity index (χ1n) is 6.69. The van der Waals surface area contributed by atoms with Crippen LogP contribution in [0.25, 0.3) is 0 Å². The molecule has 1 aromatic heterocycles. The van der Waals surface area contributed by atoms with Gasteiger partial charge in [-0.05, 0) is 30.7 Å². The molecule has 0 aliphatic carbocycles. The van der Waals surface area contributed by atoms with E-state index in [1.165, 1.54) is 0 Å². The molecule has 0 aliphatic rings. The van der Waals surface area contributed by atoms with Crippen LogP contribution in [0.1, 0.15) is 19.5 Å². The van der Waals surface area contributed by atoms with Crippen LogP contribution >= 0.6 is 27.5 Å². The van der Waals surface area contributed by atoms with E-state index >= 15 is 0 Å². The Bertz CT molecular complexity index is 590. The molecule has 0 amide bonds. The summed E-state index contributed by atoms with van der Waals surface area (Å²) in [5, 5.41) is 3.85. The van der Waals surface area contributed by atoms with E-state index in [2.05, 4.69) is 45.1 Å². The van der Waals surface area contributed by atoms with Crippen molar-refractivity contribution >= 4 is 27.5 Å². The van der Waals surface area contributed by atoms with Crippen molar-refractivity contribution in [1.82, 2.24) is 15.3 Å². The zero-order chi connectivity index (χ0) is 15.2. The number of nitrogens with one attached hydrogen (secondary N) is 1. The second kappa shape index (κ2) is 7.73. The summed E-state index contributed by atoms with van der Waals surface area (Å²) < 4.78 is 6.52. The molecular formula is C15H17BrClN3O. The molecule has 1 aromatic carbocycles. The van der Waals surface area contributed by atoms with E-state index in [0.717, 1.165) is 16.7 Å². The number of nitrogens with zero attached hydrogens (tertiary/aromatic N) is 2. The van der Waals surface area contributed by atoms with Crippen LogP contribution in [-0.4, -0.2) is 16.5 Å². The molecule has 1 N–H and O–H groups in total.